The van der Waals surface area contributed by atoms with Gasteiger partial charge in [-0.1, -0.05) is 39.0 Å². The molecule has 3 rings (SSSR count). The van der Waals surface area contributed by atoms with Gasteiger partial charge in [-0.05, 0) is 12.1 Å². The fraction of sp³-hybridized carbons (Fsp3) is 0.294. The fourth-order valence-electron chi connectivity index (χ4n) is 2.68. The Hall–Kier alpha value is -2.36. The Morgan fingerprint density at radius 3 is 2.67 bits per heavy atom. The lowest BCUT2D eigenvalue weighted by Gasteiger charge is -2.17. The van der Waals surface area contributed by atoms with Crippen LogP contribution >= 0.6 is 0 Å². The zero-order valence-corrected chi connectivity index (χ0v) is 12.8. The Kier molecular flexibility index (Phi) is 2.97. The van der Waals surface area contributed by atoms with Crippen molar-refractivity contribution in [3.63, 3.8) is 0 Å². The Bertz CT molecular complexity index is 788. The number of rotatable bonds is 1. The number of carbonyl (C=O) groups is 1. The number of nitrogens with zero attached hydrogens (tertiary/aromatic N) is 2. The molecule has 1 aliphatic heterocycles. The van der Waals surface area contributed by atoms with Gasteiger partial charge in [0.05, 0.1) is 11.3 Å². The standard InChI is InChI=1S/C17H19N3O/c1-17(2,3)15-13(16(21)19-18-15)9-11-10-20(4)14-8-6-5-7-12(11)14/h5-10H,1-4H3,(H,19,21). The first-order valence-corrected chi connectivity index (χ1v) is 7.02. The van der Waals surface area contributed by atoms with Gasteiger partial charge in [-0.2, -0.15) is 5.10 Å². The molecule has 1 amide bonds. The monoisotopic (exact) mass is 281 g/mol. The third kappa shape index (κ3) is 2.27. The first kappa shape index (κ1) is 13.6. The van der Waals surface area contributed by atoms with Gasteiger partial charge in [0.25, 0.3) is 5.91 Å². The first-order valence-electron chi connectivity index (χ1n) is 7.02. The van der Waals surface area contributed by atoms with Crippen LogP contribution in [-0.4, -0.2) is 16.2 Å². The molecule has 0 bridgehead atoms. The molecule has 0 unspecified atom stereocenters. The number of carbonyl (C=O) groups excluding carboxylic acids is 1. The minimum atomic E-state index is -0.171. The number of hydrogen-bond donors (Lipinski definition) is 1. The second-order valence-electron chi connectivity index (χ2n) is 6.42. The normalized spacial score (nSPS) is 17.4. The lowest BCUT2D eigenvalue weighted by molar-refractivity contribution is -0.116. The van der Waals surface area contributed by atoms with E-state index >= 15 is 0 Å². The Morgan fingerprint density at radius 2 is 1.95 bits per heavy atom. The minimum Gasteiger partial charge on any atom is -0.350 e. The van der Waals surface area contributed by atoms with Gasteiger partial charge in [0.2, 0.25) is 0 Å². The van der Waals surface area contributed by atoms with Crippen LogP contribution in [0.5, 0.6) is 0 Å². The van der Waals surface area contributed by atoms with Gasteiger partial charge in [0.15, 0.2) is 0 Å². The van der Waals surface area contributed by atoms with Crippen molar-refractivity contribution in [3.05, 3.63) is 41.6 Å². The van der Waals surface area contributed by atoms with Crippen LogP contribution in [0, 0.1) is 5.41 Å². The van der Waals surface area contributed by atoms with E-state index in [-0.39, 0.29) is 11.3 Å². The molecule has 4 heteroatoms. The number of para-hydroxylation sites is 1. The van der Waals surface area contributed by atoms with Gasteiger partial charge < -0.3 is 4.57 Å². The van der Waals surface area contributed by atoms with E-state index in [2.05, 4.69) is 48.0 Å². The van der Waals surface area contributed by atoms with Crippen LogP contribution in [-0.2, 0) is 11.8 Å². The highest BCUT2D eigenvalue weighted by molar-refractivity contribution is 6.29. The van der Waals surface area contributed by atoms with Gasteiger partial charge in [0.1, 0.15) is 0 Å². The van der Waals surface area contributed by atoms with Crippen LogP contribution in [0.25, 0.3) is 17.0 Å². The number of aryl methyl sites for hydroxylation is 1. The smallest absolute Gasteiger partial charge is 0.273 e. The van der Waals surface area contributed by atoms with Gasteiger partial charge in [-0.3, -0.25) is 4.79 Å². The lowest BCUT2D eigenvalue weighted by Crippen LogP contribution is -2.22. The van der Waals surface area contributed by atoms with Gasteiger partial charge >= 0.3 is 0 Å². The van der Waals surface area contributed by atoms with E-state index in [1.165, 1.54) is 0 Å². The van der Waals surface area contributed by atoms with Crippen LogP contribution in [0.3, 0.4) is 0 Å². The van der Waals surface area contributed by atoms with Crippen molar-refractivity contribution in [2.24, 2.45) is 17.6 Å². The average Bonchev–Trinajstić information content (AvgIpc) is 2.93. The van der Waals surface area contributed by atoms with E-state index in [1.54, 1.807) is 0 Å². The number of aromatic nitrogens is 1. The zero-order valence-electron chi connectivity index (χ0n) is 12.8. The summed E-state index contributed by atoms with van der Waals surface area (Å²) in [6.07, 6.45) is 3.98. The van der Waals surface area contributed by atoms with Crippen molar-refractivity contribution in [3.8, 4) is 0 Å². The molecule has 1 N–H and O–H groups in total. The maximum Gasteiger partial charge on any atom is 0.273 e. The van der Waals surface area contributed by atoms with Crippen LogP contribution < -0.4 is 5.43 Å². The zero-order chi connectivity index (χ0) is 15.2. The fourth-order valence-corrected chi connectivity index (χ4v) is 2.68. The molecule has 108 valence electrons. The van der Waals surface area contributed by atoms with Crippen LogP contribution in [0.1, 0.15) is 26.3 Å². The molecular weight excluding hydrogens is 262 g/mol. The summed E-state index contributed by atoms with van der Waals surface area (Å²) in [6.45, 7) is 6.18. The second-order valence-corrected chi connectivity index (χ2v) is 6.42. The molecule has 2 aromatic rings. The minimum absolute atomic E-state index is 0.132. The highest BCUT2D eigenvalue weighted by Crippen LogP contribution is 2.28. The summed E-state index contributed by atoms with van der Waals surface area (Å²) in [5, 5.41) is 5.33. The quantitative estimate of drug-likeness (QED) is 0.802. The molecule has 0 saturated heterocycles. The highest BCUT2D eigenvalue weighted by atomic mass is 16.2. The molecule has 0 radical (unpaired) electrons. The number of nitrogens with one attached hydrogen (secondary N) is 1. The summed E-state index contributed by atoms with van der Waals surface area (Å²) in [5.41, 5.74) is 6.05. The molecule has 4 nitrogen and oxygen atoms in total. The van der Waals surface area contributed by atoms with E-state index in [0.717, 1.165) is 22.2 Å². The lowest BCUT2D eigenvalue weighted by atomic mass is 9.85. The summed E-state index contributed by atoms with van der Waals surface area (Å²) in [4.78, 5) is 12.1. The molecule has 0 fully saturated rings. The Labute approximate surface area is 124 Å². The molecule has 1 aliphatic rings. The first-order chi connectivity index (χ1) is 9.88. The van der Waals surface area contributed by atoms with E-state index in [4.69, 9.17) is 0 Å². The van der Waals surface area contributed by atoms with E-state index < -0.39 is 0 Å². The van der Waals surface area contributed by atoms with Gasteiger partial charge in [-0.15, -0.1) is 0 Å². The van der Waals surface area contributed by atoms with Crippen molar-refractivity contribution in [2.75, 3.05) is 0 Å². The highest BCUT2D eigenvalue weighted by Gasteiger charge is 2.31. The third-order valence-electron chi connectivity index (χ3n) is 3.71. The number of hydrazone groups is 1. The number of benzene rings is 1. The predicted octanol–water partition coefficient (Wildman–Crippen LogP) is 3.09. The summed E-state index contributed by atoms with van der Waals surface area (Å²) in [5.74, 6) is -0.132. The average molecular weight is 281 g/mol. The van der Waals surface area contributed by atoms with Crippen LogP contribution in [0.2, 0.25) is 0 Å². The molecule has 0 spiro atoms. The van der Waals surface area contributed by atoms with Crippen molar-refractivity contribution < 1.29 is 4.79 Å². The number of fused-ring (bicyclic) bond motifs is 1. The topological polar surface area (TPSA) is 46.4 Å². The molecule has 0 atom stereocenters. The predicted molar refractivity (Wildman–Crippen MR) is 85.9 cm³/mol. The molecule has 0 aliphatic carbocycles. The van der Waals surface area contributed by atoms with Crippen LogP contribution in [0.15, 0.2) is 41.1 Å². The van der Waals surface area contributed by atoms with Crippen molar-refractivity contribution >= 4 is 28.6 Å². The van der Waals surface area contributed by atoms with E-state index in [0.29, 0.717) is 5.57 Å². The number of amides is 1. The molecular formula is C17H19N3O. The van der Waals surface area contributed by atoms with E-state index in [9.17, 15) is 4.79 Å². The number of hydrogen-bond acceptors (Lipinski definition) is 2. The Morgan fingerprint density at radius 1 is 1.24 bits per heavy atom. The van der Waals surface area contributed by atoms with Crippen molar-refractivity contribution in [1.82, 2.24) is 9.99 Å². The molecule has 1 aromatic heterocycles. The Balaban J connectivity index is 2.16. The van der Waals surface area contributed by atoms with Crippen molar-refractivity contribution in [2.45, 2.75) is 20.8 Å². The summed E-state index contributed by atoms with van der Waals surface area (Å²) in [6, 6.07) is 8.18. The maximum absolute atomic E-state index is 12.1. The molecule has 0 saturated carbocycles. The maximum atomic E-state index is 12.1. The van der Waals surface area contributed by atoms with Gasteiger partial charge in [-0.25, -0.2) is 5.43 Å². The summed E-state index contributed by atoms with van der Waals surface area (Å²) < 4.78 is 2.07. The van der Waals surface area contributed by atoms with Crippen LogP contribution in [0.4, 0.5) is 0 Å². The second kappa shape index (κ2) is 4.58. The summed E-state index contributed by atoms with van der Waals surface area (Å²) >= 11 is 0. The molecule has 2 heterocycles. The SMILES string of the molecule is Cn1cc(C=C2C(=O)NN=C2C(C)(C)C)c2ccccc21. The van der Waals surface area contributed by atoms with E-state index in [1.807, 2.05) is 31.5 Å². The third-order valence-corrected chi connectivity index (χ3v) is 3.71. The molecule has 21 heavy (non-hydrogen) atoms. The summed E-state index contributed by atoms with van der Waals surface area (Å²) in [7, 11) is 2.01. The molecule has 1 aromatic carbocycles. The van der Waals surface area contributed by atoms with Crippen molar-refractivity contribution in [1.29, 1.82) is 0 Å². The van der Waals surface area contributed by atoms with Gasteiger partial charge in [0, 0.05) is 35.1 Å². The largest absolute Gasteiger partial charge is 0.350 e.